The Morgan fingerprint density at radius 3 is 1.40 bits per heavy atom. The molecule has 139 heavy (non-hydrogen) atoms. The number of aliphatic imine (C=N–C) groups is 4. The number of anilines is 4. The van der Waals surface area contributed by atoms with E-state index < -0.39 is 64.2 Å². The van der Waals surface area contributed by atoms with Crippen LogP contribution in [0, 0.1) is 33.8 Å². The van der Waals surface area contributed by atoms with Crippen molar-refractivity contribution in [3.8, 4) is 33.9 Å². The SMILES string of the molecule is CC.CC.COc1cc(N=Nc2c[c-]ccc2)ccc1NC(=O)Nc1ccc(N=Nc2cccc(S(=O)(=O)[O-])c2)cc1OC.CS(=O)(=O)[O-].Cc1cccc(C)c1Nc1ccc2c(-c3ccccc3S(=O)(=O)[O-])c3ccc(=[NH+]c4c(C)cccc4C)cc-3oc2c1.O=S(=O)=O.[Cu+2].[Na+].[Na+].[Na+].c1ccc2c(c1)C1=NC2=NC2[N-]C(N=C3N=C(N=c4[n-]c(c5ccccc45)=N1)c1ccccc13)c1ccccc12. The summed E-state index contributed by atoms with van der Waals surface area (Å²) in [5.41, 5.74) is 18.8. The van der Waals surface area contributed by atoms with Crippen LogP contribution in [0.3, 0.4) is 0 Å². The second-order valence-corrected chi connectivity index (χ2v) is 34.0. The van der Waals surface area contributed by atoms with Crippen LogP contribution in [-0.4, -0.2) is 101 Å². The standard InChI is InChI=1S/C35H30N2O4S.C32H18N8.C27H23N6O6S.2C2H6.CH4O3S.Cu.3Na.O3S/c1-21-9-7-10-22(2)34(21)36-25-15-17-27-30(19-25)41-31-20-26(37-35-23(3)11-8-12-24(35)4)16-18-28(31)33(27)29-13-5-6-14-32(29)42(38,39)40;1-2-10-18-17(9-1)25-33-26(18)38-28-21-13-5-6-14-22(21)30(35-28)40-32-24-16-8-7-15-23(24)31(36-32)39-29-20-12-4-3-11-19(20)27(34-29)37-25;1-38-25-16-20(32-30-18-7-4-3-5-8-18)11-13-23(25)28-27(34)29-24-14-12-21(17-26(24)39-2)33-31-19-9-6-10-22(15-19)40(35,36)37;2*1-2;1-5(2,3)4;;;;;1-4(2)3/h5-20,36H,1-4H3,(H,38,39,40);1-16,25-26H;3-4,6-17H,1-2H3,(H2,28,29,34)(H,35,36,37);2*1-2H3;1H3,(H,2,3,4);;;;;/q;-2;-1;;;;+2;3*+1;/p-2. The fourth-order valence-corrected chi connectivity index (χ4v) is 15.8. The molecule has 6 aliphatic rings. The number of nitrogens with zero attached hydrogens (tertiary/aromatic N) is 12. The number of rotatable bonds is 14. The summed E-state index contributed by atoms with van der Waals surface area (Å²) in [4.78, 5) is 50.3. The minimum Gasteiger partial charge on any atom is -0.748 e. The zero-order valence-corrected chi connectivity index (χ0v) is 87.8. The monoisotopic (exact) mass is 2010 g/mol. The van der Waals surface area contributed by atoms with E-state index >= 15 is 0 Å². The molecule has 5 aliphatic heterocycles. The Bertz CT molecular complexity index is 7770. The van der Waals surface area contributed by atoms with E-state index in [0.717, 1.165) is 94.9 Å². The smallest absolute Gasteiger partial charge is 0.748 e. The topological polar surface area (TPSA) is 473 Å². The van der Waals surface area contributed by atoms with Gasteiger partial charge in [-0.1, -0.05) is 185 Å². The number of benzene rings is 13. The van der Waals surface area contributed by atoms with E-state index in [0.29, 0.717) is 114 Å². The quantitative estimate of drug-likeness (QED) is 0.0259. The number of hydrogen-bond acceptors (Lipinski definition) is 27. The first-order valence-electron chi connectivity index (χ1n) is 41.7. The third-order valence-corrected chi connectivity index (χ3v) is 22.2. The Hall–Kier alpha value is -12.2. The van der Waals surface area contributed by atoms with E-state index in [4.69, 9.17) is 79.7 Å². The molecule has 0 spiro atoms. The molecule has 695 valence electrons. The van der Waals surface area contributed by atoms with Gasteiger partial charge >= 0.3 is 122 Å². The van der Waals surface area contributed by atoms with Crippen LogP contribution in [0.25, 0.3) is 49.5 Å². The second kappa shape index (κ2) is 50.1. The molecular formula is C99H85CuN16Na3O16S4. The van der Waals surface area contributed by atoms with Crippen LogP contribution in [0.15, 0.2) is 344 Å². The molecule has 12 aromatic carbocycles. The molecule has 1 aromatic heterocycles. The van der Waals surface area contributed by atoms with Gasteiger partial charge in [0.1, 0.15) is 43.1 Å². The van der Waals surface area contributed by atoms with E-state index in [-0.39, 0.29) is 116 Å². The summed E-state index contributed by atoms with van der Waals surface area (Å²) in [6.07, 6.45) is -0.287. The maximum Gasteiger partial charge on any atom is 2.00 e. The fourth-order valence-electron chi connectivity index (χ4n) is 14.6. The summed E-state index contributed by atoms with van der Waals surface area (Å²) in [5.74, 6) is 3.57. The van der Waals surface area contributed by atoms with Crippen LogP contribution >= 0.6 is 0 Å². The average molecular weight is 2020 g/mol. The molecule has 2 amide bonds. The first-order chi connectivity index (χ1) is 64.9. The number of aromatic nitrogens is 1. The predicted octanol–water partition coefficient (Wildman–Crippen LogP) is 9.05. The third kappa shape index (κ3) is 27.9. The summed E-state index contributed by atoms with van der Waals surface area (Å²) in [6.45, 7) is 16.2. The molecule has 0 saturated heterocycles. The van der Waals surface area contributed by atoms with Gasteiger partial charge in [-0.15, -0.1) is 18.7 Å². The molecule has 19 rings (SSSR count). The summed E-state index contributed by atoms with van der Waals surface area (Å²) in [6, 6.07) is 86.5. The maximum atomic E-state index is 12.7. The number of methoxy groups -OCH3 is 2. The Kier molecular flexibility index (Phi) is 39.8. The molecule has 32 nitrogen and oxygen atoms in total. The largest absolute Gasteiger partial charge is 2.00 e. The molecule has 2 unspecified atom stereocenters. The molecule has 13 aromatic rings. The number of amidine groups is 4. The van der Waals surface area contributed by atoms with Gasteiger partial charge < -0.3 is 63.8 Å². The Morgan fingerprint density at radius 1 is 0.475 bits per heavy atom. The minimum atomic E-state index is -4.74. The van der Waals surface area contributed by atoms with Gasteiger partial charge in [0.2, 0.25) is 11.0 Å². The van der Waals surface area contributed by atoms with Crippen molar-refractivity contribution >= 4 is 143 Å². The van der Waals surface area contributed by atoms with Crippen LogP contribution in [0.5, 0.6) is 11.5 Å². The maximum absolute atomic E-state index is 12.7. The summed E-state index contributed by atoms with van der Waals surface area (Å²) in [5, 5.41) is 33.6. The second-order valence-electron chi connectivity index (χ2n) is 29.4. The molecule has 1 radical (unpaired) electrons. The zero-order chi connectivity index (χ0) is 96.4. The molecule has 40 heteroatoms. The van der Waals surface area contributed by atoms with Crippen LogP contribution in [0.2, 0.25) is 0 Å². The molecule has 4 N–H and O–H groups in total. The number of nitrogens with one attached hydrogen (secondary N) is 4. The normalized spacial score (nSPS) is 13.4. The van der Waals surface area contributed by atoms with Crippen molar-refractivity contribution in [1.29, 1.82) is 0 Å². The number of amides is 2. The number of fused-ring (bicyclic) bond motifs is 20. The van der Waals surface area contributed by atoms with Gasteiger partial charge in [0.15, 0.2) is 11.7 Å². The van der Waals surface area contributed by atoms with Crippen LogP contribution in [0.4, 0.5) is 56.0 Å². The van der Waals surface area contributed by atoms with Gasteiger partial charge in [-0.05, 0) is 145 Å². The number of urea groups is 1. The number of aryl methyl sites for hydroxylation is 4. The Labute approximate surface area is 880 Å². The minimum absolute atomic E-state index is 0. The molecule has 1 aliphatic carbocycles. The van der Waals surface area contributed by atoms with Crippen LogP contribution in [-0.2, 0) is 58.0 Å². The molecule has 0 saturated carbocycles. The number of azo groups is 2. The zero-order valence-electron chi connectivity index (χ0n) is 77.5. The first-order valence-corrected chi connectivity index (χ1v) is 47.3. The number of ether oxygens (including phenoxy) is 2. The molecule has 2 atom stereocenters. The van der Waals surface area contributed by atoms with E-state index in [9.17, 15) is 30.7 Å². The average Bonchev–Trinajstić information content (AvgIpc) is 1.73. The number of carbonyl (C=O) groups is 1. The number of carbonyl (C=O) groups excluding carboxylic acids is 1. The molecule has 0 fully saturated rings. The van der Waals surface area contributed by atoms with Gasteiger partial charge in [0.25, 0.3) is 0 Å². The third-order valence-electron chi connectivity index (χ3n) is 20.5. The van der Waals surface area contributed by atoms with Crippen molar-refractivity contribution in [2.24, 2.45) is 50.4 Å². The first kappa shape index (κ1) is 110. The Morgan fingerprint density at radius 2 is 0.921 bits per heavy atom. The van der Waals surface area contributed by atoms with E-state index in [1.165, 1.54) is 44.6 Å². The van der Waals surface area contributed by atoms with Crippen LogP contribution in [0.1, 0.15) is 95.7 Å². The molecule has 8 bridgehead atoms. The number of hydrogen-bond donors (Lipinski definition) is 4. The summed E-state index contributed by atoms with van der Waals surface area (Å²) in [7, 11) is -13.5. The van der Waals surface area contributed by atoms with E-state index in [1.54, 1.807) is 72.8 Å². The van der Waals surface area contributed by atoms with Crippen molar-refractivity contribution in [2.45, 2.75) is 77.5 Å². The van der Waals surface area contributed by atoms with Crippen molar-refractivity contribution in [2.75, 3.05) is 36.4 Å². The Balaban J connectivity index is 0.000000216. The van der Waals surface area contributed by atoms with E-state index in [2.05, 4.69) is 112 Å². The van der Waals surface area contributed by atoms with Gasteiger partial charge in [-0.2, -0.15) is 39.6 Å². The van der Waals surface area contributed by atoms with Crippen molar-refractivity contribution in [1.82, 2.24) is 4.98 Å². The van der Waals surface area contributed by atoms with Gasteiger partial charge in [-0.25, -0.2) is 50.1 Å². The van der Waals surface area contributed by atoms with E-state index in [1.807, 2.05) is 161 Å². The van der Waals surface area contributed by atoms with Gasteiger partial charge in [-0.3, -0.25) is 9.98 Å². The summed E-state index contributed by atoms with van der Waals surface area (Å²) < 4.78 is 140. The van der Waals surface area contributed by atoms with Crippen LogP contribution < -0.4 is 140 Å². The molecular weight excluding hydrogens is 1930 g/mol. The van der Waals surface area contributed by atoms with Gasteiger partial charge in [0, 0.05) is 108 Å². The van der Waals surface area contributed by atoms with Crippen molar-refractivity contribution in [3.63, 3.8) is 0 Å². The van der Waals surface area contributed by atoms with Crippen molar-refractivity contribution in [3.05, 3.63) is 362 Å². The number of para-hydroxylation sites is 2. The van der Waals surface area contributed by atoms with Crippen molar-refractivity contribution < 1.29 is 181 Å². The van der Waals surface area contributed by atoms with Gasteiger partial charge in [0.05, 0.1) is 80.3 Å². The molecule has 6 heterocycles. The predicted molar refractivity (Wildman–Crippen MR) is 514 cm³/mol. The summed E-state index contributed by atoms with van der Waals surface area (Å²) >= 11 is 0. The fraction of sp³-hybridized carbons (Fsp3) is 0.131.